The first kappa shape index (κ1) is 22.2. The molecule has 0 saturated carbocycles. The molecule has 0 unspecified atom stereocenters. The van der Waals surface area contributed by atoms with Crippen LogP contribution in [0.25, 0.3) is 11.3 Å². The van der Waals surface area contributed by atoms with E-state index in [1.807, 2.05) is 18.2 Å². The highest BCUT2D eigenvalue weighted by Gasteiger charge is 2.41. The van der Waals surface area contributed by atoms with Crippen molar-refractivity contribution >= 4 is 10.1 Å². The van der Waals surface area contributed by atoms with E-state index in [-0.39, 0.29) is 17.7 Å². The molecule has 0 N–H and O–H groups in total. The molecular weight excluding hydrogens is 414 g/mol. The first-order valence-corrected chi connectivity index (χ1v) is 12.6. The second-order valence-corrected chi connectivity index (χ2v) is 11.3. The fourth-order valence-corrected chi connectivity index (χ4v) is 4.71. The van der Waals surface area contributed by atoms with Gasteiger partial charge in [-0.3, -0.25) is 9.08 Å². The first-order chi connectivity index (χ1) is 14.5. The number of piperidine rings is 1. The van der Waals surface area contributed by atoms with Gasteiger partial charge in [-0.15, -0.1) is 0 Å². The summed E-state index contributed by atoms with van der Waals surface area (Å²) < 4.78 is 33.6. The molecule has 8 heteroatoms. The summed E-state index contributed by atoms with van der Waals surface area (Å²) in [6.07, 6.45) is 5.17. The molecule has 0 radical (unpaired) electrons. The smallest absolute Gasteiger partial charge is 0.264 e. The van der Waals surface area contributed by atoms with E-state index >= 15 is 0 Å². The molecule has 31 heavy (non-hydrogen) atoms. The molecule has 168 valence electrons. The zero-order valence-corrected chi connectivity index (χ0v) is 19.5. The molecular formula is C23H31N3O4S. The number of likely N-dealkylation sites (tertiary alicyclic amines) is 1. The van der Waals surface area contributed by atoms with Crippen LogP contribution >= 0.6 is 0 Å². The lowest BCUT2D eigenvalue weighted by atomic mass is 9.81. The van der Waals surface area contributed by atoms with E-state index in [1.54, 1.807) is 6.07 Å². The maximum absolute atomic E-state index is 11.1. The maximum atomic E-state index is 11.1. The van der Waals surface area contributed by atoms with Crippen molar-refractivity contribution in [2.75, 3.05) is 19.3 Å². The number of aryl methyl sites for hydroxylation is 1. The summed E-state index contributed by atoms with van der Waals surface area (Å²) in [6.45, 7) is 8.86. The third-order valence-electron chi connectivity index (χ3n) is 6.30. The third kappa shape index (κ3) is 5.25. The summed E-state index contributed by atoms with van der Waals surface area (Å²) in [5, 5.41) is 8.33. The highest BCUT2D eigenvalue weighted by molar-refractivity contribution is 7.85. The van der Waals surface area contributed by atoms with Gasteiger partial charge in [0.1, 0.15) is 18.0 Å². The molecule has 2 aliphatic heterocycles. The minimum atomic E-state index is -3.50. The Balaban J connectivity index is 1.44. The van der Waals surface area contributed by atoms with Gasteiger partial charge in [-0.05, 0) is 82.3 Å². The molecule has 3 heterocycles. The van der Waals surface area contributed by atoms with Crippen LogP contribution in [-0.2, 0) is 27.3 Å². The molecule has 2 aliphatic rings. The fraction of sp³-hybridized carbons (Fsp3) is 0.565. The van der Waals surface area contributed by atoms with Crippen LogP contribution in [0.15, 0.2) is 30.3 Å². The molecule has 0 bridgehead atoms. The van der Waals surface area contributed by atoms with Crippen molar-refractivity contribution in [3.8, 4) is 17.0 Å². The Morgan fingerprint density at radius 3 is 2.45 bits per heavy atom. The zero-order chi connectivity index (χ0) is 22.3. The minimum absolute atomic E-state index is 0.0443. The summed E-state index contributed by atoms with van der Waals surface area (Å²) in [5.74, 6) is 0.977. The number of aromatic nitrogens is 2. The highest BCUT2D eigenvalue weighted by atomic mass is 32.2. The second kappa shape index (κ2) is 8.15. The summed E-state index contributed by atoms with van der Waals surface area (Å²) in [7, 11) is -3.50. The molecule has 1 aromatic carbocycles. The molecule has 2 aromatic rings. The molecule has 1 aromatic heterocycles. The Morgan fingerprint density at radius 1 is 1.10 bits per heavy atom. The fourth-order valence-electron chi connectivity index (χ4n) is 4.38. The Labute approximate surface area is 184 Å². The van der Waals surface area contributed by atoms with E-state index in [2.05, 4.69) is 41.9 Å². The number of nitrogens with zero attached hydrogens (tertiary/aromatic N) is 3. The molecule has 4 rings (SSSR count). The van der Waals surface area contributed by atoms with Crippen LogP contribution in [0, 0.1) is 0 Å². The SMILES string of the molecule is CC(C)(C)N1CCC2(CCc3cc(-c4ccc(COS(C)(=O)=O)nn4)ccc3O2)CC1. The molecule has 0 aliphatic carbocycles. The molecule has 7 nitrogen and oxygen atoms in total. The van der Waals surface area contributed by atoms with Gasteiger partial charge in [-0.25, -0.2) is 0 Å². The zero-order valence-electron chi connectivity index (χ0n) is 18.7. The number of hydrogen-bond donors (Lipinski definition) is 0. The van der Waals surface area contributed by atoms with Crippen molar-refractivity contribution in [2.45, 2.75) is 64.2 Å². The van der Waals surface area contributed by atoms with Crippen molar-refractivity contribution in [1.29, 1.82) is 0 Å². The normalized spacial score (nSPS) is 19.1. The van der Waals surface area contributed by atoms with Gasteiger partial charge < -0.3 is 4.74 Å². The summed E-state index contributed by atoms with van der Waals surface area (Å²) >= 11 is 0. The lowest BCUT2D eigenvalue weighted by Gasteiger charge is -2.48. The molecule has 0 atom stereocenters. The van der Waals surface area contributed by atoms with Crippen molar-refractivity contribution in [3.05, 3.63) is 41.6 Å². The van der Waals surface area contributed by atoms with E-state index in [0.717, 1.165) is 62.0 Å². The van der Waals surface area contributed by atoms with Crippen LogP contribution < -0.4 is 4.74 Å². The highest BCUT2D eigenvalue weighted by Crippen LogP contribution is 2.41. The number of benzene rings is 1. The number of fused-ring (bicyclic) bond motifs is 1. The Bertz CT molecular complexity index is 1040. The van der Waals surface area contributed by atoms with Crippen molar-refractivity contribution in [3.63, 3.8) is 0 Å². The van der Waals surface area contributed by atoms with Gasteiger partial charge in [-0.2, -0.15) is 18.6 Å². The third-order valence-corrected chi connectivity index (χ3v) is 6.84. The van der Waals surface area contributed by atoms with Gasteiger partial charge >= 0.3 is 0 Å². The molecule has 1 fully saturated rings. The van der Waals surface area contributed by atoms with Crippen LogP contribution in [0.4, 0.5) is 0 Å². The minimum Gasteiger partial charge on any atom is -0.487 e. The topological polar surface area (TPSA) is 81.6 Å². The Hall–Kier alpha value is -2.03. The van der Waals surface area contributed by atoms with Crippen LogP contribution in [0.2, 0.25) is 0 Å². The largest absolute Gasteiger partial charge is 0.487 e. The predicted octanol–water partition coefficient (Wildman–Crippen LogP) is 3.58. The Kier molecular flexibility index (Phi) is 5.83. The molecule has 0 amide bonds. The van der Waals surface area contributed by atoms with E-state index in [1.165, 1.54) is 5.56 Å². The molecule has 1 saturated heterocycles. The van der Waals surface area contributed by atoms with Gasteiger partial charge in [0.2, 0.25) is 0 Å². The van der Waals surface area contributed by atoms with E-state index in [4.69, 9.17) is 8.92 Å². The van der Waals surface area contributed by atoms with E-state index < -0.39 is 10.1 Å². The predicted molar refractivity (Wildman–Crippen MR) is 119 cm³/mol. The van der Waals surface area contributed by atoms with Crippen LogP contribution in [0.5, 0.6) is 5.75 Å². The van der Waals surface area contributed by atoms with Crippen LogP contribution in [-0.4, -0.2) is 54.0 Å². The monoisotopic (exact) mass is 445 g/mol. The van der Waals surface area contributed by atoms with Crippen molar-refractivity contribution in [1.82, 2.24) is 15.1 Å². The second-order valence-electron chi connectivity index (χ2n) is 9.64. The maximum Gasteiger partial charge on any atom is 0.264 e. The number of ether oxygens (including phenoxy) is 1. The summed E-state index contributed by atoms with van der Waals surface area (Å²) in [4.78, 5) is 2.55. The van der Waals surface area contributed by atoms with E-state index in [9.17, 15) is 8.42 Å². The quantitative estimate of drug-likeness (QED) is 0.665. The van der Waals surface area contributed by atoms with E-state index in [0.29, 0.717) is 5.69 Å². The average molecular weight is 446 g/mol. The van der Waals surface area contributed by atoms with Crippen molar-refractivity contribution in [2.24, 2.45) is 0 Å². The average Bonchev–Trinajstić information content (AvgIpc) is 2.71. The van der Waals surface area contributed by atoms with Crippen LogP contribution in [0.1, 0.15) is 51.3 Å². The van der Waals surface area contributed by atoms with Gasteiger partial charge in [-0.1, -0.05) is 0 Å². The lowest BCUT2D eigenvalue weighted by Crippen LogP contribution is -2.54. The van der Waals surface area contributed by atoms with Gasteiger partial charge in [0.25, 0.3) is 10.1 Å². The van der Waals surface area contributed by atoms with Crippen LogP contribution in [0.3, 0.4) is 0 Å². The summed E-state index contributed by atoms with van der Waals surface area (Å²) in [6, 6.07) is 9.76. The van der Waals surface area contributed by atoms with Crippen molar-refractivity contribution < 1.29 is 17.3 Å². The van der Waals surface area contributed by atoms with Gasteiger partial charge in [0.15, 0.2) is 0 Å². The lowest BCUT2D eigenvalue weighted by molar-refractivity contribution is -0.0355. The van der Waals surface area contributed by atoms with Gasteiger partial charge in [0, 0.05) is 24.2 Å². The standard InChI is InChI=1S/C23H31N3O4S/c1-22(2,3)26-13-11-23(12-14-26)10-9-18-15-17(5-8-21(18)30-23)20-7-6-19(24-25-20)16-29-31(4,27)28/h5-8,15H,9-14,16H2,1-4H3. The first-order valence-electron chi connectivity index (χ1n) is 10.8. The summed E-state index contributed by atoms with van der Waals surface area (Å²) in [5.41, 5.74) is 3.55. The number of hydrogen-bond acceptors (Lipinski definition) is 7. The molecule has 1 spiro atoms. The Morgan fingerprint density at radius 2 is 1.84 bits per heavy atom. The number of rotatable bonds is 4. The van der Waals surface area contributed by atoms with Gasteiger partial charge in [0.05, 0.1) is 17.6 Å².